The van der Waals surface area contributed by atoms with Gasteiger partial charge in [0.15, 0.2) is 5.69 Å². The number of carbonyl (C=O) groups is 1. The number of alkyl halides is 3. The fraction of sp³-hybridized carbons (Fsp3) is 0.474. The molecule has 0 aliphatic rings. The lowest BCUT2D eigenvalue weighted by Crippen LogP contribution is -2.42. The van der Waals surface area contributed by atoms with Gasteiger partial charge in [0.25, 0.3) is 5.91 Å². The topological polar surface area (TPSA) is 50.2 Å². The van der Waals surface area contributed by atoms with Gasteiger partial charge in [-0.1, -0.05) is 11.6 Å². The van der Waals surface area contributed by atoms with E-state index in [1.54, 1.807) is 0 Å². The van der Waals surface area contributed by atoms with Gasteiger partial charge in [0.1, 0.15) is 0 Å². The molecule has 0 radical (unpaired) electrons. The van der Waals surface area contributed by atoms with Gasteiger partial charge in [0, 0.05) is 30.2 Å². The molecular weight excluding hydrogens is 393 g/mol. The second-order valence-electron chi connectivity index (χ2n) is 6.97. The molecule has 1 amide bonds. The summed E-state index contributed by atoms with van der Waals surface area (Å²) >= 11 is 5.79. The fourth-order valence-electron chi connectivity index (χ4n) is 3.07. The van der Waals surface area contributed by atoms with Crippen LogP contribution in [0.4, 0.5) is 13.2 Å². The number of benzene rings is 1. The molecule has 1 N–H and O–H groups in total. The maximum Gasteiger partial charge on any atom is 0.434 e. The average Bonchev–Trinajstić information content (AvgIpc) is 3.04. The number of aromatic nitrogens is 2. The first-order chi connectivity index (χ1) is 13.0. The minimum Gasteiger partial charge on any atom is -0.351 e. The van der Waals surface area contributed by atoms with E-state index in [1.165, 1.54) is 24.3 Å². The van der Waals surface area contributed by atoms with Gasteiger partial charge in [-0.15, -0.1) is 0 Å². The van der Waals surface area contributed by atoms with Crippen LogP contribution in [0.5, 0.6) is 0 Å². The van der Waals surface area contributed by atoms with E-state index in [0.29, 0.717) is 16.2 Å². The summed E-state index contributed by atoms with van der Waals surface area (Å²) in [6.45, 7) is 8.88. The predicted molar refractivity (Wildman–Crippen MR) is 103 cm³/mol. The van der Waals surface area contributed by atoms with Gasteiger partial charge in [-0.05, 0) is 52.0 Å². The van der Waals surface area contributed by atoms with E-state index in [4.69, 9.17) is 11.6 Å². The zero-order chi connectivity index (χ0) is 21.1. The van der Waals surface area contributed by atoms with Crippen LogP contribution in [0.1, 0.15) is 43.7 Å². The zero-order valence-electron chi connectivity index (χ0n) is 16.2. The zero-order valence-corrected chi connectivity index (χ0v) is 17.0. The number of carbonyl (C=O) groups excluding carboxylic acids is 1. The van der Waals surface area contributed by atoms with Gasteiger partial charge in [0.2, 0.25) is 0 Å². The highest BCUT2D eigenvalue weighted by molar-refractivity contribution is 6.30. The third-order valence-electron chi connectivity index (χ3n) is 4.34. The molecule has 0 saturated carbocycles. The van der Waals surface area contributed by atoms with Crippen LogP contribution in [0.3, 0.4) is 0 Å². The molecule has 0 aliphatic carbocycles. The fourth-order valence-corrected chi connectivity index (χ4v) is 3.20. The van der Waals surface area contributed by atoms with Crippen LogP contribution in [-0.4, -0.2) is 45.8 Å². The van der Waals surface area contributed by atoms with Crippen LogP contribution < -0.4 is 5.32 Å². The van der Waals surface area contributed by atoms with Crippen molar-refractivity contribution in [2.45, 2.75) is 46.0 Å². The molecule has 0 fully saturated rings. The summed E-state index contributed by atoms with van der Waals surface area (Å²) in [6.07, 6.45) is -3.81. The van der Waals surface area contributed by atoms with Crippen LogP contribution in [0.15, 0.2) is 30.5 Å². The number of halogens is 4. The number of rotatable bonds is 7. The van der Waals surface area contributed by atoms with Gasteiger partial charge in [0.05, 0.1) is 17.4 Å². The monoisotopic (exact) mass is 416 g/mol. The standard InChI is InChI=1S/C19H24ClF3N4O/c1-12(2)26(13(3)4)10-9-24-18(28)16-11-25-27(17(16)19(21,22)23)15-7-5-14(20)6-8-15/h5-8,11-13H,9-10H2,1-4H3,(H,24,28). The molecule has 0 saturated heterocycles. The molecule has 5 nitrogen and oxygen atoms in total. The molecule has 1 aromatic carbocycles. The number of amides is 1. The number of nitrogens with one attached hydrogen (secondary N) is 1. The van der Waals surface area contributed by atoms with Crippen molar-refractivity contribution in [3.8, 4) is 5.69 Å². The molecule has 0 bridgehead atoms. The average molecular weight is 417 g/mol. The van der Waals surface area contributed by atoms with Crippen LogP contribution in [0.2, 0.25) is 5.02 Å². The quantitative estimate of drug-likeness (QED) is 0.728. The summed E-state index contributed by atoms with van der Waals surface area (Å²) in [7, 11) is 0. The largest absolute Gasteiger partial charge is 0.434 e. The van der Waals surface area contributed by atoms with E-state index in [9.17, 15) is 18.0 Å². The lowest BCUT2D eigenvalue weighted by molar-refractivity contribution is -0.143. The van der Waals surface area contributed by atoms with Gasteiger partial charge < -0.3 is 5.32 Å². The Balaban J connectivity index is 2.23. The van der Waals surface area contributed by atoms with E-state index in [1.807, 2.05) is 27.7 Å². The molecule has 0 aliphatic heterocycles. The van der Waals surface area contributed by atoms with Crippen molar-refractivity contribution < 1.29 is 18.0 Å². The SMILES string of the molecule is CC(C)N(CCNC(=O)c1cnn(-c2ccc(Cl)cc2)c1C(F)(F)F)C(C)C. The Hall–Kier alpha value is -2.06. The van der Waals surface area contributed by atoms with E-state index >= 15 is 0 Å². The highest BCUT2D eigenvalue weighted by atomic mass is 35.5. The minimum atomic E-state index is -4.75. The summed E-state index contributed by atoms with van der Waals surface area (Å²) in [4.78, 5) is 14.6. The molecule has 0 atom stereocenters. The predicted octanol–water partition coefficient (Wildman–Crippen LogP) is 4.39. The van der Waals surface area contributed by atoms with Crippen LogP contribution in [0, 0.1) is 0 Å². The molecule has 28 heavy (non-hydrogen) atoms. The van der Waals surface area contributed by atoms with Crippen LogP contribution in [-0.2, 0) is 6.18 Å². The second kappa shape index (κ2) is 8.96. The first-order valence-electron chi connectivity index (χ1n) is 8.97. The smallest absolute Gasteiger partial charge is 0.351 e. The maximum atomic E-state index is 13.7. The molecule has 1 heterocycles. The van der Waals surface area contributed by atoms with E-state index in [2.05, 4.69) is 15.3 Å². The third-order valence-corrected chi connectivity index (χ3v) is 4.59. The normalized spacial score (nSPS) is 12.2. The van der Waals surface area contributed by atoms with Gasteiger partial charge in [-0.25, -0.2) is 4.68 Å². The number of nitrogens with zero attached hydrogens (tertiary/aromatic N) is 3. The minimum absolute atomic E-state index is 0.168. The molecule has 2 aromatic rings. The molecular formula is C19H24ClF3N4O. The van der Waals surface area contributed by atoms with Crippen LogP contribution in [0.25, 0.3) is 5.69 Å². The van der Waals surface area contributed by atoms with Crippen molar-refractivity contribution in [3.63, 3.8) is 0 Å². The second-order valence-corrected chi connectivity index (χ2v) is 7.41. The number of hydrogen-bond donors (Lipinski definition) is 1. The van der Waals surface area contributed by atoms with Gasteiger partial charge in [-0.2, -0.15) is 18.3 Å². The summed E-state index contributed by atoms with van der Waals surface area (Å²) in [5, 5.41) is 6.75. The molecule has 154 valence electrons. The Bertz CT molecular complexity index is 793. The van der Waals surface area contributed by atoms with Crippen LogP contribution >= 0.6 is 11.6 Å². The highest BCUT2D eigenvalue weighted by Gasteiger charge is 2.40. The molecule has 9 heteroatoms. The van der Waals surface area contributed by atoms with Crippen molar-refractivity contribution in [2.24, 2.45) is 0 Å². The lowest BCUT2D eigenvalue weighted by atomic mass is 10.2. The van der Waals surface area contributed by atoms with E-state index in [-0.39, 0.29) is 24.3 Å². The number of hydrogen-bond acceptors (Lipinski definition) is 3. The molecule has 2 rings (SSSR count). The van der Waals surface area contributed by atoms with Crippen molar-refractivity contribution in [1.29, 1.82) is 0 Å². The van der Waals surface area contributed by atoms with Gasteiger partial charge in [-0.3, -0.25) is 9.69 Å². The highest BCUT2D eigenvalue weighted by Crippen LogP contribution is 2.33. The summed E-state index contributed by atoms with van der Waals surface area (Å²) < 4.78 is 41.7. The molecule has 0 unspecified atom stereocenters. The Labute approximate surface area is 167 Å². The molecule has 0 spiro atoms. The molecule has 1 aromatic heterocycles. The Morgan fingerprint density at radius 3 is 2.25 bits per heavy atom. The summed E-state index contributed by atoms with van der Waals surface area (Å²) in [6, 6.07) is 6.27. The summed E-state index contributed by atoms with van der Waals surface area (Å²) in [5.74, 6) is -0.806. The van der Waals surface area contributed by atoms with E-state index in [0.717, 1.165) is 6.20 Å². The Kier molecular flexibility index (Phi) is 7.11. The Morgan fingerprint density at radius 1 is 1.18 bits per heavy atom. The summed E-state index contributed by atoms with van der Waals surface area (Å²) in [5.41, 5.74) is -1.46. The van der Waals surface area contributed by atoms with Crippen molar-refractivity contribution in [2.75, 3.05) is 13.1 Å². The Morgan fingerprint density at radius 2 is 1.75 bits per heavy atom. The maximum absolute atomic E-state index is 13.7. The van der Waals surface area contributed by atoms with Crippen molar-refractivity contribution in [1.82, 2.24) is 20.0 Å². The first kappa shape index (κ1) is 22.2. The van der Waals surface area contributed by atoms with Gasteiger partial charge >= 0.3 is 6.18 Å². The van der Waals surface area contributed by atoms with E-state index < -0.39 is 23.3 Å². The van der Waals surface area contributed by atoms with Crippen molar-refractivity contribution >= 4 is 17.5 Å². The third kappa shape index (κ3) is 5.26. The lowest BCUT2D eigenvalue weighted by Gasteiger charge is -2.30. The van der Waals surface area contributed by atoms with Crippen molar-refractivity contribution in [3.05, 3.63) is 46.7 Å². The first-order valence-corrected chi connectivity index (χ1v) is 9.35.